The summed E-state index contributed by atoms with van der Waals surface area (Å²) in [7, 11) is 4.16. The maximum absolute atomic E-state index is 8.55. The number of nitrogens with zero attached hydrogens (tertiary/aromatic N) is 2. The van der Waals surface area contributed by atoms with Gasteiger partial charge in [-0.2, -0.15) is 0 Å². The molecule has 0 bridgehead atoms. The van der Waals surface area contributed by atoms with Crippen LogP contribution in [0.5, 0.6) is 0 Å². The summed E-state index contributed by atoms with van der Waals surface area (Å²) in [5.41, 5.74) is 5.80. The van der Waals surface area contributed by atoms with Crippen molar-refractivity contribution in [2.45, 2.75) is 32.2 Å². The average Bonchev–Trinajstić information content (AvgIpc) is 2.97. The van der Waals surface area contributed by atoms with Gasteiger partial charge < -0.3 is 21.2 Å². The predicted octanol–water partition coefficient (Wildman–Crippen LogP) is 0.443. The van der Waals surface area contributed by atoms with Gasteiger partial charge in [0.1, 0.15) is 5.84 Å². The van der Waals surface area contributed by atoms with Crippen LogP contribution in [0.3, 0.4) is 0 Å². The third kappa shape index (κ3) is 3.98. The fourth-order valence-electron chi connectivity index (χ4n) is 1.74. The zero-order chi connectivity index (χ0) is 12.2. The number of hydrogen-bond donors (Lipinski definition) is 3. The predicted molar refractivity (Wildman–Crippen MR) is 65.7 cm³/mol. The van der Waals surface area contributed by atoms with Crippen molar-refractivity contribution in [3.63, 3.8) is 0 Å². The van der Waals surface area contributed by atoms with Gasteiger partial charge in [-0.15, -0.1) is 0 Å². The molecule has 0 radical (unpaired) electrons. The van der Waals surface area contributed by atoms with Gasteiger partial charge in [-0.1, -0.05) is 5.16 Å². The van der Waals surface area contributed by atoms with Crippen molar-refractivity contribution in [3.05, 3.63) is 0 Å². The van der Waals surface area contributed by atoms with E-state index >= 15 is 0 Å². The van der Waals surface area contributed by atoms with Crippen molar-refractivity contribution in [2.75, 3.05) is 27.2 Å². The van der Waals surface area contributed by atoms with Crippen LogP contribution in [0.25, 0.3) is 0 Å². The topological polar surface area (TPSA) is 73.9 Å². The van der Waals surface area contributed by atoms with E-state index in [1.807, 2.05) is 0 Å². The summed E-state index contributed by atoms with van der Waals surface area (Å²) < 4.78 is 0. The molecule has 0 aliphatic heterocycles. The van der Waals surface area contributed by atoms with Crippen LogP contribution in [0.2, 0.25) is 0 Å². The van der Waals surface area contributed by atoms with E-state index in [-0.39, 0.29) is 5.41 Å². The summed E-state index contributed by atoms with van der Waals surface area (Å²) in [5, 5.41) is 15.1. The van der Waals surface area contributed by atoms with Crippen molar-refractivity contribution in [1.82, 2.24) is 10.2 Å². The van der Waals surface area contributed by atoms with Gasteiger partial charge in [0.15, 0.2) is 0 Å². The number of nitrogens with one attached hydrogen (secondary N) is 1. The average molecular weight is 228 g/mol. The lowest BCUT2D eigenvalue weighted by molar-refractivity contribution is 0.294. The van der Waals surface area contributed by atoms with Crippen molar-refractivity contribution in [2.24, 2.45) is 16.3 Å². The summed E-state index contributed by atoms with van der Waals surface area (Å²) >= 11 is 0. The molecule has 1 unspecified atom stereocenters. The maximum atomic E-state index is 8.55. The van der Waals surface area contributed by atoms with Crippen LogP contribution in [0.15, 0.2) is 5.16 Å². The molecular formula is C11H24N4O. The summed E-state index contributed by atoms with van der Waals surface area (Å²) in [4.78, 5) is 2.19. The molecule has 0 amide bonds. The molecule has 1 atom stereocenters. The second-order valence-electron chi connectivity index (χ2n) is 5.21. The lowest BCUT2D eigenvalue weighted by Crippen LogP contribution is -2.38. The number of nitrogens with two attached hydrogens (primary N) is 1. The minimum Gasteiger partial charge on any atom is -0.409 e. The Balaban J connectivity index is 2.22. The van der Waals surface area contributed by atoms with E-state index in [4.69, 9.17) is 10.9 Å². The van der Waals surface area contributed by atoms with Gasteiger partial charge in [-0.25, -0.2) is 0 Å². The zero-order valence-electron chi connectivity index (χ0n) is 10.5. The third-order valence-corrected chi connectivity index (χ3v) is 3.46. The Morgan fingerprint density at radius 2 is 2.19 bits per heavy atom. The summed E-state index contributed by atoms with van der Waals surface area (Å²) in [5.74, 6) is 0.347. The molecule has 0 aromatic heterocycles. The van der Waals surface area contributed by atoms with Gasteiger partial charge in [0.2, 0.25) is 0 Å². The van der Waals surface area contributed by atoms with Gasteiger partial charge in [0.05, 0.1) is 0 Å². The molecule has 1 aliphatic rings. The van der Waals surface area contributed by atoms with Crippen molar-refractivity contribution in [3.8, 4) is 0 Å². The molecule has 4 N–H and O–H groups in total. The molecule has 5 heteroatoms. The Kier molecular flexibility index (Phi) is 4.56. The molecule has 0 spiro atoms. The largest absolute Gasteiger partial charge is 0.409 e. The number of oxime groups is 1. The molecule has 5 nitrogen and oxygen atoms in total. The van der Waals surface area contributed by atoms with Crippen LogP contribution in [0.4, 0.5) is 0 Å². The van der Waals surface area contributed by atoms with Crippen LogP contribution in [0, 0.1) is 5.41 Å². The Bertz CT molecular complexity index is 248. The van der Waals surface area contributed by atoms with Crippen molar-refractivity contribution < 1.29 is 5.21 Å². The minimum atomic E-state index is 0.252. The number of rotatable bonds is 7. The van der Waals surface area contributed by atoms with Crippen LogP contribution in [-0.4, -0.2) is 49.2 Å². The summed E-state index contributed by atoms with van der Waals surface area (Å²) in [6.07, 6.45) is 3.05. The van der Waals surface area contributed by atoms with E-state index in [9.17, 15) is 0 Å². The molecular weight excluding hydrogens is 204 g/mol. The van der Waals surface area contributed by atoms with E-state index in [2.05, 4.69) is 36.4 Å². The quantitative estimate of drug-likeness (QED) is 0.256. The van der Waals surface area contributed by atoms with Crippen LogP contribution >= 0.6 is 0 Å². The van der Waals surface area contributed by atoms with Gasteiger partial charge in [-0.05, 0) is 39.3 Å². The SMILES string of the molecule is CC(CNCC1(CC(N)=NO)CC1)N(C)C. The molecule has 1 fully saturated rings. The van der Waals surface area contributed by atoms with E-state index in [0.29, 0.717) is 18.3 Å². The number of likely N-dealkylation sites (N-methyl/N-ethyl adjacent to an activating group) is 1. The number of amidine groups is 1. The van der Waals surface area contributed by atoms with E-state index in [0.717, 1.165) is 13.1 Å². The normalized spacial score (nSPS) is 21.1. The van der Waals surface area contributed by atoms with E-state index < -0.39 is 0 Å². The zero-order valence-corrected chi connectivity index (χ0v) is 10.5. The van der Waals surface area contributed by atoms with E-state index in [1.54, 1.807) is 0 Å². The molecule has 0 saturated heterocycles. The summed E-state index contributed by atoms with van der Waals surface area (Å²) in [6.45, 7) is 4.13. The fourth-order valence-corrected chi connectivity index (χ4v) is 1.74. The van der Waals surface area contributed by atoms with Crippen LogP contribution in [0.1, 0.15) is 26.2 Å². The third-order valence-electron chi connectivity index (χ3n) is 3.46. The smallest absolute Gasteiger partial charge is 0.139 e. The number of hydrogen-bond acceptors (Lipinski definition) is 4. The lowest BCUT2D eigenvalue weighted by Gasteiger charge is -2.22. The molecule has 0 heterocycles. The van der Waals surface area contributed by atoms with Gasteiger partial charge in [-0.3, -0.25) is 0 Å². The molecule has 1 saturated carbocycles. The molecule has 0 aromatic rings. The molecule has 16 heavy (non-hydrogen) atoms. The van der Waals surface area contributed by atoms with Gasteiger partial charge in [0.25, 0.3) is 0 Å². The first-order chi connectivity index (χ1) is 7.49. The Labute approximate surface area is 97.7 Å². The minimum absolute atomic E-state index is 0.252. The van der Waals surface area contributed by atoms with Gasteiger partial charge in [0, 0.05) is 25.6 Å². The van der Waals surface area contributed by atoms with Crippen LogP contribution in [-0.2, 0) is 0 Å². The molecule has 94 valence electrons. The van der Waals surface area contributed by atoms with Crippen molar-refractivity contribution >= 4 is 5.84 Å². The van der Waals surface area contributed by atoms with E-state index in [1.165, 1.54) is 12.8 Å². The standard InChI is InChI=1S/C11H24N4O/c1-9(15(2)3)7-13-8-11(4-5-11)6-10(12)14-16/h9,13,16H,4-8H2,1-3H3,(H2,12,14). The highest BCUT2D eigenvalue weighted by molar-refractivity contribution is 5.80. The Morgan fingerprint density at radius 3 is 2.62 bits per heavy atom. The first-order valence-corrected chi connectivity index (χ1v) is 5.83. The van der Waals surface area contributed by atoms with Crippen molar-refractivity contribution in [1.29, 1.82) is 0 Å². The second-order valence-corrected chi connectivity index (χ2v) is 5.21. The molecule has 1 aliphatic carbocycles. The first kappa shape index (κ1) is 13.3. The first-order valence-electron chi connectivity index (χ1n) is 5.83. The highest BCUT2D eigenvalue weighted by Gasteiger charge is 2.42. The van der Waals surface area contributed by atoms with Crippen LogP contribution < -0.4 is 11.1 Å². The second kappa shape index (κ2) is 5.50. The lowest BCUT2D eigenvalue weighted by atomic mass is 10.0. The maximum Gasteiger partial charge on any atom is 0.139 e. The van der Waals surface area contributed by atoms with Gasteiger partial charge >= 0.3 is 0 Å². The Morgan fingerprint density at radius 1 is 1.56 bits per heavy atom. The monoisotopic (exact) mass is 228 g/mol. The fraction of sp³-hybridized carbons (Fsp3) is 0.909. The highest BCUT2D eigenvalue weighted by Crippen LogP contribution is 2.48. The molecule has 0 aromatic carbocycles. The molecule has 1 rings (SSSR count). The Hall–Kier alpha value is -0.810. The summed E-state index contributed by atoms with van der Waals surface area (Å²) in [6, 6.07) is 0.527. The highest BCUT2D eigenvalue weighted by atomic mass is 16.4.